The molecule has 6 heteroatoms. The lowest BCUT2D eigenvalue weighted by atomic mass is 10.0. The van der Waals surface area contributed by atoms with Gasteiger partial charge in [0.15, 0.2) is 0 Å². The van der Waals surface area contributed by atoms with Crippen LogP contribution in [0.1, 0.15) is 34.1 Å². The maximum atomic E-state index is 11.2. The minimum Gasteiger partial charge on any atom is -0.426 e. The summed E-state index contributed by atoms with van der Waals surface area (Å²) in [6.07, 6.45) is -1.46. The molecule has 0 fully saturated rings. The molecule has 0 amide bonds. The summed E-state index contributed by atoms with van der Waals surface area (Å²) in [6.45, 7) is 5.26. The van der Waals surface area contributed by atoms with E-state index in [9.17, 15) is 19.5 Å². The summed E-state index contributed by atoms with van der Waals surface area (Å²) in [5.74, 6) is -2.61. The van der Waals surface area contributed by atoms with Crippen LogP contribution in [0.15, 0.2) is 0 Å². The number of ketones is 1. The first-order valence-corrected chi connectivity index (χ1v) is 4.75. The third-order valence-corrected chi connectivity index (χ3v) is 1.43. The Bertz CT molecular complexity index is 288. The molecule has 0 saturated carbocycles. The standard InChI is InChI=1S/C10H16O6/c1-6(11)15-7(2)16-9(13)8(12)5-10(3,4)14/h7,14H,5H2,1-4H3. The first-order chi connectivity index (χ1) is 7.11. The second-order valence-corrected chi connectivity index (χ2v) is 3.99. The first kappa shape index (κ1) is 14.6. The smallest absolute Gasteiger partial charge is 0.377 e. The van der Waals surface area contributed by atoms with E-state index in [0.717, 1.165) is 6.92 Å². The van der Waals surface area contributed by atoms with Crippen molar-refractivity contribution < 1.29 is 29.0 Å². The molecule has 0 rings (SSSR count). The van der Waals surface area contributed by atoms with Crippen molar-refractivity contribution in [1.82, 2.24) is 0 Å². The molecule has 0 aromatic heterocycles. The predicted octanol–water partition coefficient (Wildman–Crippen LogP) is 0.169. The van der Waals surface area contributed by atoms with E-state index >= 15 is 0 Å². The van der Waals surface area contributed by atoms with Crippen LogP contribution in [0.4, 0.5) is 0 Å². The van der Waals surface area contributed by atoms with Gasteiger partial charge in [0.05, 0.1) is 5.60 Å². The molecule has 0 aliphatic heterocycles. The van der Waals surface area contributed by atoms with Crippen molar-refractivity contribution in [3.8, 4) is 0 Å². The molecule has 0 heterocycles. The van der Waals surface area contributed by atoms with Crippen molar-refractivity contribution in [3.05, 3.63) is 0 Å². The number of ether oxygens (including phenoxy) is 2. The fourth-order valence-electron chi connectivity index (χ4n) is 0.939. The number of hydrogen-bond donors (Lipinski definition) is 1. The molecule has 0 radical (unpaired) electrons. The third kappa shape index (κ3) is 6.94. The highest BCUT2D eigenvalue weighted by molar-refractivity contribution is 6.33. The highest BCUT2D eigenvalue weighted by atomic mass is 16.7. The number of hydrogen-bond acceptors (Lipinski definition) is 6. The zero-order chi connectivity index (χ0) is 12.9. The molecule has 0 aromatic carbocycles. The van der Waals surface area contributed by atoms with Gasteiger partial charge in [0.2, 0.25) is 12.1 Å². The van der Waals surface area contributed by atoms with Crippen molar-refractivity contribution in [2.45, 2.75) is 46.0 Å². The summed E-state index contributed by atoms with van der Waals surface area (Å²) in [7, 11) is 0. The molecule has 6 nitrogen and oxygen atoms in total. The maximum Gasteiger partial charge on any atom is 0.377 e. The molecule has 0 aliphatic carbocycles. The van der Waals surface area contributed by atoms with Gasteiger partial charge in [-0.15, -0.1) is 0 Å². The van der Waals surface area contributed by atoms with Crippen molar-refractivity contribution in [2.75, 3.05) is 0 Å². The lowest BCUT2D eigenvalue weighted by molar-refractivity contribution is -0.185. The SMILES string of the molecule is CC(=O)OC(C)OC(=O)C(=O)CC(C)(C)O. The Balaban J connectivity index is 4.16. The monoisotopic (exact) mass is 232 g/mol. The van der Waals surface area contributed by atoms with Crippen LogP contribution in [0.5, 0.6) is 0 Å². The first-order valence-electron chi connectivity index (χ1n) is 4.75. The number of rotatable bonds is 5. The highest BCUT2D eigenvalue weighted by Crippen LogP contribution is 2.09. The molecule has 0 aliphatic rings. The van der Waals surface area contributed by atoms with E-state index in [1.165, 1.54) is 20.8 Å². The summed E-state index contributed by atoms with van der Waals surface area (Å²) in [5.41, 5.74) is -1.28. The van der Waals surface area contributed by atoms with Gasteiger partial charge in [-0.05, 0) is 13.8 Å². The summed E-state index contributed by atoms with van der Waals surface area (Å²) in [4.78, 5) is 32.8. The van der Waals surface area contributed by atoms with E-state index in [4.69, 9.17) is 0 Å². The molecule has 1 unspecified atom stereocenters. The van der Waals surface area contributed by atoms with Gasteiger partial charge >= 0.3 is 11.9 Å². The van der Waals surface area contributed by atoms with Gasteiger partial charge in [-0.2, -0.15) is 0 Å². The Morgan fingerprint density at radius 3 is 2.12 bits per heavy atom. The van der Waals surface area contributed by atoms with Gasteiger partial charge < -0.3 is 14.6 Å². The molecule has 0 spiro atoms. The average molecular weight is 232 g/mol. The zero-order valence-corrected chi connectivity index (χ0v) is 9.77. The van der Waals surface area contributed by atoms with Crippen LogP contribution in [0, 0.1) is 0 Å². The second-order valence-electron chi connectivity index (χ2n) is 3.99. The maximum absolute atomic E-state index is 11.2. The van der Waals surface area contributed by atoms with Crippen molar-refractivity contribution >= 4 is 17.7 Å². The number of Topliss-reactive ketones (excluding diaryl/α,β-unsaturated/α-hetero) is 1. The average Bonchev–Trinajstić information content (AvgIpc) is 1.98. The Morgan fingerprint density at radius 1 is 1.25 bits per heavy atom. The molecule has 0 aromatic rings. The van der Waals surface area contributed by atoms with Crippen LogP contribution >= 0.6 is 0 Å². The Kier molecular flexibility index (Phi) is 5.10. The lowest BCUT2D eigenvalue weighted by Crippen LogP contribution is -2.31. The third-order valence-electron chi connectivity index (χ3n) is 1.43. The van der Waals surface area contributed by atoms with E-state index in [0.29, 0.717) is 0 Å². The predicted molar refractivity (Wildman–Crippen MR) is 53.2 cm³/mol. The number of carbonyl (C=O) groups is 3. The Hall–Kier alpha value is -1.43. The fourth-order valence-corrected chi connectivity index (χ4v) is 0.939. The molecule has 92 valence electrons. The molecule has 1 atom stereocenters. The van der Waals surface area contributed by atoms with Crippen LogP contribution in [0.3, 0.4) is 0 Å². The number of esters is 2. The number of carbonyl (C=O) groups excluding carboxylic acids is 3. The molecule has 1 N–H and O–H groups in total. The van der Waals surface area contributed by atoms with E-state index in [1.807, 2.05) is 0 Å². The minimum absolute atomic E-state index is 0.349. The second kappa shape index (κ2) is 5.60. The molecule has 0 saturated heterocycles. The highest BCUT2D eigenvalue weighted by Gasteiger charge is 2.26. The van der Waals surface area contributed by atoms with Crippen LogP contribution < -0.4 is 0 Å². The van der Waals surface area contributed by atoms with Crippen molar-refractivity contribution in [2.24, 2.45) is 0 Å². The van der Waals surface area contributed by atoms with Gasteiger partial charge in [-0.1, -0.05) is 0 Å². The van der Waals surface area contributed by atoms with E-state index in [-0.39, 0.29) is 6.42 Å². The summed E-state index contributed by atoms with van der Waals surface area (Å²) < 4.78 is 9.03. The van der Waals surface area contributed by atoms with Crippen molar-refractivity contribution in [3.63, 3.8) is 0 Å². The zero-order valence-electron chi connectivity index (χ0n) is 9.77. The lowest BCUT2D eigenvalue weighted by Gasteiger charge is -2.16. The Morgan fingerprint density at radius 2 is 1.75 bits per heavy atom. The molecule has 0 bridgehead atoms. The van der Waals surface area contributed by atoms with Gasteiger partial charge in [-0.25, -0.2) is 4.79 Å². The minimum atomic E-state index is -1.28. The van der Waals surface area contributed by atoms with E-state index in [1.54, 1.807) is 0 Å². The van der Waals surface area contributed by atoms with E-state index in [2.05, 4.69) is 9.47 Å². The normalized spacial score (nSPS) is 12.8. The summed E-state index contributed by atoms with van der Waals surface area (Å²) in [6, 6.07) is 0. The summed E-state index contributed by atoms with van der Waals surface area (Å²) in [5, 5.41) is 9.30. The van der Waals surface area contributed by atoms with E-state index < -0.39 is 29.6 Å². The number of aliphatic hydroxyl groups is 1. The van der Waals surface area contributed by atoms with Crippen LogP contribution in [0.2, 0.25) is 0 Å². The topological polar surface area (TPSA) is 89.9 Å². The largest absolute Gasteiger partial charge is 0.426 e. The molecule has 16 heavy (non-hydrogen) atoms. The van der Waals surface area contributed by atoms with Gasteiger partial charge in [0, 0.05) is 20.3 Å². The molecular formula is C10H16O6. The Labute approximate surface area is 93.5 Å². The molecular weight excluding hydrogens is 216 g/mol. The quantitative estimate of drug-likeness (QED) is 0.413. The van der Waals surface area contributed by atoms with Crippen molar-refractivity contribution in [1.29, 1.82) is 0 Å². The van der Waals surface area contributed by atoms with Crippen LogP contribution in [-0.4, -0.2) is 34.7 Å². The van der Waals surface area contributed by atoms with Crippen LogP contribution in [0.25, 0.3) is 0 Å². The fraction of sp³-hybridized carbons (Fsp3) is 0.700. The summed E-state index contributed by atoms with van der Waals surface area (Å²) >= 11 is 0. The van der Waals surface area contributed by atoms with Gasteiger partial charge in [0.25, 0.3) is 0 Å². The van der Waals surface area contributed by atoms with Gasteiger partial charge in [0.1, 0.15) is 0 Å². The van der Waals surface area contributed by atoms with Gasteiger partial charge in [-0.3, -0.25) is 9.59 Å². The van der Waals surface area contributed by atoms with Crippen LogP contribution in [-0.2, 0) is 23.9 Å².